The SMILES string of the molecule is COc1ccccc1[C@@H]1C2=C(N=c3s/c(=C\c4ccc(-c5cc(C)c(C)c([N+](=O)[O-])c5)o4)c(=O)n31)c1ccccc1CC2. The van der Waals surface area contributed by atoms with Gasteiger partial charge in [0, 0.05) is 34.4 Å². The zero-order valence-corrected chi connectivity index (χ0v) is 24.6. The Morgan fingerprint density at radius 1 is 1.07 bits per heavy atom. The normalized spacial score (nSPS) is 15.9. The molecular formula is C34H27N3O5S. The Labute approximate surface area is 250 Å². The average Bonchev–Trinajstić information content (AvgIpc) is 3.61. The zero-order valence-electron chi connectivity index (χ0n) is 23.8. The molecule has 1 aliphatic carbocycles. The lowest BCUT2D eigenvalue weighted by Crippen LogP contribution is -2.38. The van der Waals surface area contributed by atoms with Gasteiger partial charge in [0.1, 0.15) is 17.3 Å². The standard InChI is InChI=1S/C34H27N3O5S/c1-19-16-22(17-27(20(19)2)37(39)40)28-15-13-23(42-28)18-30-33(38)36-32(25-10-6-7-11-29(25)41-3)26-14-12-21-8-4-5-9-24(21)31(26)35-34(36)43-30/h4-11,13,15-18,32H,12,14H2,1-3H3/b30-18-/t32-/m1/s1. The quantitative estimate of drug-likeness (QED) is 0.182. The fraction of sp³-hybridized carbons (Fsp3) is 0.176. The Kier molecular flexibility index (Phi) is 6.47. The lowest BCUT2D eigenvalue weighted by atomic mass is 9.83. The molecule has 1 aliphatic heterocycles. The van der Waals surface area contributed by atoms with Crippen LogP contribution in [0.4, 0.5) is 5.69 Å². The van der Waals surface area contributed by atoms with Crippen molar-refractivity contribution in [3.8, 4) is 17.1 Å². The smallest absolute Gasteiger partial charge is 0.273 e. The molecule has 1 atom stereocenters. The summed E-state index contributed by atoms with van der Waals surface area (Å²) >= 11 is 1.32. The van der Waals surface area contributed by atoms with E-state index >= 15 is 0 Å². The molecule has 0 spiro atoms. The molecular weight excluding hydrogens is 562 g/mol. The van der Waals surface area contributed by atoms with Crippen molar-refractivity contribution in [2.24, 2.45) is 4.99 Å². The molecule has 43 heavy (non-hydrogen) atoms. The molecule has 5 aromatic rings. The van der Waals surface area contributed by atoms with E-state index < -0.39 is 0 Å². The maximum absolute atomic E-state index is 14.1. The van der Waals surface area contributed by atoms with Crippen LogP contribution in [0.5, 0.6) is 5.75 Å². The first-order valence-electron chi connectivity index (χ1n) is 14.0. The van der Waals surface area contributed by atoms with Gasteiger partial charge in [0.05, 0.1) is 28.3 Å². The molecule has 0 radical (unpaired) electrons. The van der Waals surface area contributed by atoms with Crippen molar-refractivity contribution in [2.75, 3.05) is 7.11 Å². The predicted octanol–water partition coefficient (Wildman–Crippen LogP) is 6.11. The van der Waals surface area contributed by atoms with Crippen LogP contribution in [-0.4, -0.2) is 16.6 Å². The van der Waals surface area contributed by atoms with Crippen LogP contribution in [-0.2, 0) is 6.42 Å². The number of methoxy groups -OCH3 is 1. The minimum atomic E-state index is -0.382. The molecule has 3 aromatic carbocycles. The third-order valence-corrected chi connectivity index (χ3v) is 9.31. The fourth-order valence-electron chi connectivity index (χ4n) is 6.08. The largest absolute Gasteiger partial charge is 0.496 e. The van der Waals surface area contributed by atoms with E-state index in [1.807, 2.05) is 49.4 Å². The minimum absolute atomic E-state index is 0.0446. The molecule has 7 rings (SSSR count). The van der Waals surface area contributed by atoms with Gasteiger partial charge in [0.2, 0.25) is 0 Å². The Hall–Kier alpha value is -5.02. The van der Waals surface area contributed by atoms with Crippen molar-refractivity contribution in [2.45, 2.75) is 32.7 Å². The third-order valence-electron chi connectivity index (χ3n) is 8.33. The number of aromatic nitrogens is 1. The third kappa shape index (κ3) is 4.44. The number of nitro groups is 1. The summed E-state index contributed by atoms with van der Waals surface area (Å²) in [5.74, 6) is 1.68. The van der Waals surface area contributed by atoms with Gasteiger partial charge in [-0.05, 0) is 67.7 Å². The highest BCUT2D eigenvalue weighted by Gasteiger charge is 2.34. The van der Waals surface area contributed by atoms with Crippen molar-refractivity contribution >= 4 is 28.8 Å². The van der Waals surface area contributed by atoms with Crippen molar-refractivity contribution in [3.63, 3.8) is 0 Å². The van der Waals surface area contributed by atoms with Gasteiger partial charge in [-0.3, -0.25) is 19.5 Å². The van der Waals surface area contributed by atoms with E-state index in [-0.39, 0.29) is 22.2 Å². The average molecular weight is 590 g/mol. The van der Waals surface area contributed by atoms with E-state index in [1.54, 1.807) is 36.8 Å². The van der Waals surface area contributed by atoms with Crippen LogP contribution in [0, 0.1) is 24.0 Å². The summed E-state index contributed by atoms with van der Waals surface area (Å²) in [6.07, 6.45) is 3.37. The topological polar surface area (TPSA) is 99.9 Å². The predicted molar refractivity (Wildman–Crippen MR) is 166 cm³/mol. The molecule has 0 bridgehead atoms. The second-order valence-corrected chi connectivity index (χ2v) is 11.8. The molecule has 0 saturated heterocycles. The van der Waals surface area contributed by atoms with Gasteiger partial charge in [0.15, 0.2) is 4.80 Å². The second kappa shape index (κ2) is 10.4. The van der Waals surface area contributed by atoms with Gasteiger partial charge in [-0.25, -0.2) is 4.99 Å². The highest BCUT2D eigenvalue weighted by Crippen LogP contribution is 2.43. The maximum atomic E-state index is 14.1. The van der Waals surface area contributed by atoms with E-state index in [0.717, 1.165) is 40.8 Å². The van der Waals surface area contributed by atoms with Gasteiger partial charge in [-0.1, -0.05) is 53.8 Å². The van der Waals surface area contributed by atoms with Crippen LogP contribution in [0.3, 0.4) is 0 Å². The Morgan fingerprint density at radius 3 is 2.67 bits per heavy atom. The number of benzene rings is 3. The molecule has 3 heterocycles. The summed E-state index contributed by atoms with van der Waals surface area (Å²) in [4.78, 5) is 31.0. The Bertz CT molecular complexity index is 2170. The minimum Gasteiger partial charge on any atom is -0.496 e. The summed E-state index contributed by atoms with van der Waals surface area (Å²) in [7, 11) is 1.65. The molecule has 0 N–H and O–H groups in total. The van der Waals surface area contributed by atoms with Crippen LogP contribution in [0.1, 0.15) is 46.0 Å². The van der Waals surface area contributed by atoms with Gasteiger partial charge >= 0.3 is 0 Å². The first-order valence-corrected chi connectivity index (χ1v) is 14.8. The number of nitrogens with zero attached hydrogens (tertiary/aromatic N) is 3. The summed E-state index contributed by atoms with van der Waals surface area (Å²) in [6, 6.07) is 22.7. The van der Waals surface area contributed by atoms with E-state index in [0.29, 0.717) is 37.7 Å². The number of hydrogen-bond donors (Lipinski definition) is 0. The summed E-state index contributed by atoms with van der Waals surface area (Å²) in [6.45, 7) is 3.58. The van der Waals surface area contributed by atoms with Crippen LogP contribution < -0.4 is 19.6 Å². The van der Waals surface area contributed by atoms with Crippen LogP contribution in [0.2, 0.25) is 0 Å². The number of hydrogen-bond acceptors (Lipinski definition) is 7. The molecule has 0 amide bonds. The first kappa shape index (κ1) is 26.9. The highest BCUT2D eigenvalue weighted by molar-refractivity contribution is 7.07. The molecule has 2 aromatic heterocycles. The van der Waals surface area contributed by atoms with Crippen LogP contribution in [0.15, 0.2) is 92.6 Å². The highest BCUT2D eigenvalue weighted by atomic mass is 32.1. The number of thiazole rings is 1. The van der Waals surface area contributed by atoms with Crippen LogP contribution in [0.25, 0.3) is 23.1 Å². The number of furan rings is 1. The van der Waals surface area contributed by atoms with Gasteiger partial charge in [-0.2, -0.15) is 0 Å². The summed E-state index contributed by atoms with van der Waals surface area (Å²) in [5.41, 5.74) is 7.19. The number of aryl methyl sites for hydroxylation is 2. The van der Waals surface area contributed by atoms with Gasteiger partial charge < -0.3 is 9.15 Å². The Morgan fingerprint density at radius 2 is 1.86 bits per heavy atom. The van der Waals surface area contributed by atoms with Crippen molar-refractivity contribution < 1.29 is 14.1 Å². The van der Waals surface area contributed by atoms with E-state index in [4.69, 9.17) is 14.1 Å². The van der Waals surface area contributed by atoms with E-state index in [1.165, 1.54) is 23.0 Å². The van der Waals surface area contributed by atoms with Crippen LogP contribution >= 0.6 is 11.3 Å². The van der Waals surface area contributed by atoms with E-state index in [2.05, 4.69) is 12.1 Å². The number of ether oxygens (including phenoxy) is 1. The number of rotatable bonds is 5. The number of fused-ring (bicyclic) bond motifs is 3. The van der Waals surface area contributed by atoms with E-state index in [9.17, 15) is 14.9 Å². The molecule has 0 fully saturated rings. The first-order chi connectivity index (χ1) is 20.8. The number of para-hydroxylation sites is 1. The Balaban J connectivity index is 1.39. The molecule has 9 heteroatoms. The summed E-state index contributed by atoms with van der Waals surface area (Å²) < 4.78 is 14.1. The van der Waals surface area contributed by atoms with Gasteiger partial charge in [-0.15, -0.1) is 0 Å². The number of nitro benzene ring substituents is 1. The lowest BCUT2D eigenvalue weighted by molar-refractivity contribution is -0.385. The molecule has 0 saturated carbocycles. The molecule has 2 aliphatic rings. The number of allylic oxidation sites excluding steroid dienone is 1. The lowest BCUT2D eigenvalue weighted by Gasteiger charge is -2.31. The van der Waals surface area contributed by atoms with Crippen molar-refractivity contribution in [1.82, 2.24) is 4.57 Å². The monoisotopic (exact) mass is 589 g/mol. The summed E-state index contributed by atoms with van der Waals surface area (Å²) in [5, 5.41) is 11.6. The zero-order chi connectivity index (χ0) is 29.8. The van der Waals surface area contributed by atoms with Crippen molar-refractivity contribution in [1.29, 1.82) is 0 Å². The van der Waals surface area contributed by atoms with Gasteiger partial charge in [0.25, 0.3) is 11.2 Å². The molecule has 8 nitrogen and oxygen atoms in total. The van der Waals surface area contributed by atoms with Crippen molar-refractivity contribution in [3.05, 3.63) is 142 Å². The second-order valence-electron chi connectivity index (χ2n) is 10.8. The molecule has 0 unspecified atom stereocenters. The maximum Gasteiger partial charge on any atom is 0.273 e. The fourth-order valence-corrected chi connectivity index (χ4v) is 7.06. The molecule has 214 valence electrons.